The Labute approximate surface area is 86.7 Å². The first-order valence-corrected chi connectivity index (χ1v) is 4.82. The molecule has 4 N–H and O–H groups in total. The van der Waals surface area contributed by atoms with Crippen molar-refractivity contribution in [2.24, 2.45) is 11.5 Å². The predicted molar refractivity (Wildman–Crippen MR) is 57.9 cm³/mol. The SMILES string of the molecule is CCOC(=O)/C(SC(N)=S)=C(/C)N. The first-order chi connectivity index (χ1) is 5.99. The molecule has 0 aromatic carbocycles. The van der Waals surface area contributed by atoms with E-state index in [1.54, 1.807) is 13.8 Å². The molecule has 0 heterocycles. The normalized spacial score (nSPS) is 11.8. The highest BCUT2D eigenvalue weighted by molar-refractivity contribution is 8.26. The zero-order valence-electron chi connectivity index (χ0n) is 7.49. The van der Waals surface area contributed by atoms with Crippen molar-refractivity contribution < 1.29 is 9.53 Å². The lowest BCUT2D eigenvalue weighted by molar-refractivity contribution is -0.137. The molecule has 0 unspecified atom stereocenters. The lowest BCUT2D eigenvalue weighted by Gasteiger charge is -2.06. The van der Waals surface area contributed by atoms with Crippen LogP contribution in [0.4, 0.5) is 0 Å². The number of thiocarbonyl (C=S) groups is 1. The van der Waals surface area contributed by atoms with E-state index >= 15 is 0 Å². The van der Waals surface area contributed by atoms with E-state index in [1.165, 1.54) is 0 Å². The van der Waals surface area contributed by atoms with Gasteiger partial charge in [-0.05, 0) is 13.8 Å². The molecule has 0 atom stereocenters. The second-order valence-electron chi connectivity index (χ2n) is 2.15. The minimum absolute atomic E-state index is 0.146. The summed E-state index contributed by atoms with van der Waals surface area (Å²) in [5.41, 5.74) is 11.1. The number of allylic oxidation sites excluding steroid dienone is 1. The van der Waals surface area contributed by atoms with Crippen LogP contribution in [0.25, 0.3) is 0 Å². The van der Waals surface area contributed by atoms with Crippen LogP contribution in [-0.4, -0.2) is 16.9 Å². The number of esters is 1. The van der Waals surface area contributed by atoms with Gasteiger partial charge in [0.15, 0.2) is 0 Å². The summed E-state index contributed by atoms with van der Waals surface area (Å²) in [6.45, 7) is 3.61. The molecule has 0 bridgehead atoms. The van der Waals surface area contributed by atoms with E-state index in [9.17, 15) is 4.79 Å². The minimum atomic E-state index is -0.486. The number of carbonyl (C=O) groups excluding carboxylic acids is 1. The summed E-state index contributed by atoms with van der Waals surface area (Å²) in [4.78, 5) is 11.5. The average molecular weight is 220 g/mol. The van der Waals surface area contributed by atoms with Crippen molar-refractivity contribution in [2.75, 3.05) is 6.61 Å². The molecule has 0 amide bonds. The van der Waals surface area contributed by atoms with Crippen LogP contribution in [0.3, 0.4) is 0 Å². The fraction of sp³-hybridized carbons (Fsp3) is 0.429. The van der Waals surface area contributed by atoms with E-state index in [1.807, 2.05) is 0 Å². The third kappa shape index (κ3) is 4.74. The highest BCUT2D eigenvalue weighted by Gasteiger charge is 2.14. The van der Waals surface area contributed by atoms with Gasteiger partial charge in [0, 0.05) is 5.70 Å². The molecule has 0 rings (SSSR count). The van der Waals surface area contributed by atoms with Crippen LogP contribution in [0.1, 0.15) is 13.8 Å². The van der Waals surface area contributed by atoms with Gasteiger partial charge in [-0.2, -0.15) is 0 Å². The van der Waals surface area contributed by atoms with Crippen LogP contribution in [0.15, 0.2) is 10.6 Å². The van der Waals surface area contributed by atoms with Crippen LogP contribution in [0.5, 0.6) is 0 Å². The zero-order valence-corrected chi connectivity index (χ0v) is 9.13. The van der Waals surface area contributed by atoms with Gasteiger partial charge in [-0.1, -0.05) is 24.0 Å². The maximum absolute atomic E-state index is 11.2. The van der Waals surface area contributed by atoms with Gasteiger partial charge >= 0.3 is 5.97 Å². The molecule has 0 aromatic heterocycles. The number of thioether (sulfide) groups is 1. The van der Waals surface area contributed by atoms with Crippen molar-refractivity contribution in [3.8, 4) is 0 Å². The number of carbonyl (C=O) groups is 1. The molecule has 4 nitrogen and oxygen atoms in total. The van der Waals surface area contributed by atoms with Crippen molar-refractivity contribution in [3.63, 3.8) is 0 Å². The van der Waals surface area contributed by atoms with Gasteiger partial charge in [0.2, 0.25) is 0 Å². The summed E-state index contributed by atoms with van der Waals surface area (Å²) in [5.74, 6) is -0.486. The smallest absolute Gasteiger partial charge is 0.346 e. The Hall–Kier alpha value is -0.750. The van der Waals surface area contributed by atoms with Crippen molar-refractivity contribution in [3.05, 3.63) is 10.6 Å². The third-order valence-corrected chi connectivity index (χ3v) is 2.17. The molecule has 6 heteroatoms. The molecule has 0 radical (unpaired) electrons. The minimum Gasteiger partial charge on any atom is -0.462 e. The lowest BCUT2D eigenvalue weighted by atomic mass is 10.4. The molecule has 0 saturated carbocycles. The zero-order chi connectivity index (χ0) is 10.4. The Morgan fingerprint density at radius 2 is 2.08 bits per heavy atom. The van der Waals surface area contributed by atoms with Gasteiger partial charge in [0.25, 0.3) is 0 Å². The molecule has 13 heavy (non-hydrogen) atoms. The van der Waals surface area contributed by atoms with Crippen LogP contribution in [-0.2, 0) is 9.53 Å². The van der Waals surface area contributed by atoms with Gasteiger partial charge < -0.3 is 16.2 Å². The van der Waals surface area contributed by atoms with Crippen LogP contribution in [0, 0.1) is 0 Å². The summed E-state index contributed by atoms with van der Waals surface area (Å²) in [6.07, 6.45) is 0. The van der Waals surface area contributed by atoms with E-state index in [-0.39, 0.29) is 9.23 Å². The van der Waals surface area contributed by atoms with Gasteiger partial charge in [-0.15, -0.1) is 0 Å². The van der Waals surface area contributed by atoms with Crippen molar-refractivity contribution in [2.45, 2.75) is 13.8 Å². The van der Waals surface area contributed by atoms with Gasteiger partial charge in [0.1, 0.15) is 9.23 Å². The van der Waals surface area contributed by atoms with E-state index in [0.29, 0.717) is 12.3 Å². The monoisotopic (exact) mass is 220 g/mol. The molecule has 74 valence electrons. The summed E-state index contributed by atoms with van der Waals surface area (Å²) >= 11 is 5.58. The Kier molecular flexibility index (Phi) is 5.48. The van der Waals surface area contributed by atoms with Gasteiger partial charge in [0.05, 0.1) is 6.61 Å². The van der Waals surface area contributed by atoms with Crippen LogP contribution < -0.4 is 11.5 Å². The van der Waals surface area contributed by atoms with E-state index in [4.69, 9.17) is 16.2 Å². The van der Waals surface area contributed by atoms with E-state index < -0.39 is 5.97 Å². The Morgan fingerprint density at radius 3 is 2.38 bits per heavy atom. The van der Waals surface area contributed by atoms with Crippen molar-refractivity contribution in [1.29, 1.82) is 0 Å². The van der Waals surface area contributed by atoms with E-state index in [0.717, 1.165) is 11.8 Å². The number of rotatable bonds is 3. The van der Waals surface area contributed by atoms with Gasteiger partial charge in [-0.3, -0.25) is 0 Å². The average Bonchev–Trinajstić information content (AvgIpc) is 1.99. The molecule has 0 aliphatic rings. The molecule has 0 fully saturated rings. The summed E-state index contributed by atoms with van der Waals surface area (Å²) in [5, 5.41) is 0. The highest BCUT2D eigenvalue weighted by Crippen LogP contribution is 2.19. The molecular weight excluding hydrogens is 208 g/mol. The number of ether oxygens (including phenoxy) is 1. The Bertz CT molecular complexity index is 247. The standard InChI is InChI=1S/C7H12N2O2S2/c1-3-11-6(10)5(4(2)8)13-7(9)12/h3,8H2,1-2H3,(H2,9,12)/b5-4+. The third-order valence-electron chi connectivity index (χ3n) is 1.02. The summed E-state index contributed by atoms with van der Waals surface area (Å²) in [7, 11) is 0. The van der Waals surface area contributed by atoms with Crippen LogP contribution >= 0.6 is 24.0 Å². The molecule has 0 aromatic rings. The quantitative estimate of drug-likeness (QED) is 0.414. The molecule has 0 aliphatic carbocycles. The summed E-state index contributed by atoms with van der Waals surface area (Å²) < 4.78 is 4.90. The number of hydrogen-bond acceptors (Lipinski definition) is 5. The Balaban J connectivity index is 4.54. The molecule has 0 aliphatic heterocycles. The van der Waals surface area contributed by atoms with E-state index in [2.05, 4.69) is 12.2 Å². The second kappa shape index (κ2) is 5.82. The molecule has 0 saturated heterocycles. The van der Waals surface area contributed by atoms with Gasteiger partial charge in [-0.25, -0.2) is 4.79 Å². The first-order valence-electron chi connectivity index (χ1n) is 3.59. The fourth-order valence-electron chi connectivity index (χ4n) is 0.580. The maximum Gasteiger partial charge on any atom is 0.346 e. The molecular formula is C7H12N2O2S2. The second-order valence-corrected chi connectivity index (χ2v) is 3.90. The maximum atomic E-state index is 11.2. The number of nitrogens with two attached hydrogens (primary N) is 2. The fourth-order valence-corrected chi connectivity index (χ4v) is 1.33. The summed E-state index contributed by atoms with van der Waals surface area (Å²) in [6, 6.07) is 0. The van der Waals surface area contributed by atoms with Crippen molar-refractivity contribution in [1.82, 2.24) is 0 Å². The predicted octanol–water partition coefficient (Wildman–Crippen LogP) is 0.717. The first kappa shape index (κ1) is 12.2. The lowest BCUT2D eigenvalue weighted by Crippen LogP contribution is -2.14. The van der Waals surface area contributed by atoms with Crippen LogP contribution in [0.2, 0.25) is 0 Å². The molecule has 0 spiro atoms. The number of hydrogen-bond donors (Lipinski definition) is 2. The Morgan fingerprint density at radius 1 is 1.54 bits per heavy atom. The van der Waals surface area contributed by atoms with Crippen molar-refractivity contribution >= 4 is 34.3 Å². The largest absolute Gasteiger partial charge is 0.462 e. The highest BCUT2D eigenvalue weighted by atomic mass is 32.2. The topological polar surface area (TPSA) is 78.3 Å².